The van der Waals surface area contributed by atoms with E-state index in [9.17, 15) is 9.59 Å². The topological polar surface area (TPSA) is 65.5 Å². The first kappa shape index (κ1) is 20.4. The van der Waals surface area contributed by atoms with Crippen LogP contribution >= 0.6 is 23.1 Å². The standard InChI is InChI=1S/C21H26N4O2S2/c1-15-6-9-24(10-7-15)12-16-13-29-21(22-16)23-19(26)8-11-25-17-4-2-3-5-18(17)28-14-20(25)27/h2-5,13,15H,6-12,14H2,1H3,(H,22,23,26). The third kappa shape index (κ3) is 5.18. The highest BCUT2D eigenvalue weighted by Gasteiger charge is 2.24. The molecule has 8 heteroatoms. The molecule has 3 heterocycles. The van der Waals surface area contributed by atoms with Crippen molar-refractivity contribution in [1.82, 2.24) is 9.88 Å². The molecule has 1 fully saturated rings. The zero-order chi connectivity index (χ0) is 20.2. The second-order valence-electron chi connectivity index (χ2n) is 7.70. The predicted molar refractivity (Wildman–Crippen MR) is 119 cm³/mol. The van der Waals surface area contributed by atoms with Crippen LogP contribution in [0.5, 0.6) is 0 Å². The molecule has 1 N–H and O–H groups in total. The van der Waals surface area contributed by atoms with Gasteiger partial charge in [-0.15, -0.1) is 23.1 Å². The summed E-state index contributed by atoms with van der Waals surface area (Å²) < 4.78 is 0. The molecule has 1 aromatic heterocycles. The highest BCUT2D eigenvalue weighted by molar-refractivity contribution is 8.00. The number of hydrogen-bond donors (Lipinski definition) is 1. The molecule has 1 aromatic carbocycles. The maximum Gasteiger partial charge on any atom is 0.237 e. The van der Waals surface area contributed by atoms with Crippen LogP contribution in [0, 0.1) is 5.92 Å². The molecule has 0 spiro atoms. The summed E-state index contributed by atoms with van der Waals surface area (Å²) >= 11 is 3.01. The highest BCUT2D eigenvalue weighted by atomic mass is 32.2. The van der Waals surface area contributed by atoms with Crippen molar-refractivity contribution in [1.29, 1.82) is 0 Å². The van der Waals surface area contributed by atoms with Crippen molar-refractivity contribution in [2.75, 3.05) is 35.6 Å². The van der Waals surface area contributed by atoms with E-state index in [4.69, 9.17) is 0 Å². The Bertz CT molecular complexity index is 877. The molecular weight excluding hydrogens is 404 g/mol. The molecule has 0 saturated carbocycles. The summed E-state index contributed by atoms with van der Waals surface area (Å²) in [6, 6.07) is 7.84. The first-order chi connectivity index (χ1) is 14.1. The summed E-state index contributed by atoms with van der Waals surface area (Å²) in [5, 5.41) is 5.55. The average Bonchev–Trinajstić information content (AvgIpc) is 3.15. The molecule has 2 amide bonds. The van der Waals surface area contributed by atoms with E-state index in [0.717, 1.165) is 41.8 Å². The molecule has 0 radical (unpaired) electrons. The molecule has 0 unspecified atom stereocenters. The lowest BCUT2D eigenvalue weighted by molar-refractivity contribution is -0.117. The Morgan fingerprint density at radius 1 is 1.28 bits per heavy atom. The van der Waals surface area contributed by atoms with Crippen molar-refractivity contribution in [3.63, 3.8) is 0 Å². The first-order valence-corrected chi connectivity index (χ1v) is 11.9. The Labute approximate surface area is 179 Å². The fourth-order valence-electron chi connectivity index (χ4n) is 3.68. The van der Waals surface area contributed by atoms with Crippen LogP contribution in [0.15, 0.2) is 34.5 Å². The normalized spacial score (nSPS) is 18.0. The lowest BCUT2D eigenvalue weighted by Crippen LogP contribution is -2.37. The fraction of sp³-hybridized carbons (Fsp3) is 0.476. The summed E-state index contributed by atoms with van der Waals surface area (Å²) in [6.45, 7) is 5.76. The lowest BCUT2D eigenvalue weighted by Gasteiger charge is -2.29. The van der Waals surface area contributed by atoms with Crippen molar-refractivity contribution in [2.45, 2.75) is 37.6 Å². The largest absolute Gasteiger partial charge is 0.310 e. The van der Waals surface area contributed by atoms with E-state index in [1.807, 2.05) is 29.6 Å². The van der Waals surface area contributed by atoms with E-state index in [0.29, 0.717) is 17.4 Å². The number of benzene rings is 1. The maximum atomic E-state index is 12.4. The fourth-order valence-corrected chi connectivity index (χ4v) is 5.33. The number of carbonyl (C=O) groups excluding carboxylic acids is 2. The van der Waals surface area contributed by atoms with Crippen LogP contribution in [-0.4, -0.2) is 47.1 Å². The second kappa shape index (κ2) is 9.28. The van der Waals surface area contributed by atoms with Gasteiger partial charge in [0, 0.05) is 29.8 Å². The third-order valence-electron chi connectivity index (χ3n) is 5.43. The van der Waals surface area contributed by atoms with Crippen LogP contribution in [0.3, 0.4) is 0 Å². The van der Waals surface area contributed by atoms with Crippen molar-refractivity contribution in [3.8, 4) is 0 Å². The molecule has 4 rings (SSSR count). The van der Waals surface area contributed by atoms with Gasteiger partial charge in [-0.2, -0.15) is 0 Å². The van der Waals surface area contributed by atoms with Gasteiger partial charge in [0.05, 0.1) is 17.1 Å². The van der Waals surface area contributed by atoms with Gasteiger partial charge in [0.1, 0.15) is 0 Å². The minimum Gasteiger partial charge on any atom is -0.310 e. The number of aromatic nitrogens is 1. The molecule has 0 aliphatic carbocycles. The number of anilines is 2. The van der Waals surface area contributed by atoms with Gasteiger partial charge in [-0.25, -0.2) is 4.98 Å². The number of fused-ring (bicyclic) bond motifs is 1. The number of nitrogens with one attached hydrogen (secondary N) is 1. The van der Waals surface area contributed by atoms with Crippen LogP contribution in [0.25, 0.3) is 0 Å². The molecule has 2 aliphatic heterocycles. The molecule has 6 nitrogen and oxygen atoms in total. The van der Waals surface area contributed by atoms with E-state index in [1.165, 1.54) is 24.2 Å². The number of thiazole rings is 1. The molecule has 2 aromatic rings. The van der Waals surface area contributed by atoms with E-state index in [-0.39, 0.29) is 18.2 Å². The number of amides is 2. The number of nitrogens with zero attached hydrogens (tertiary/aromatic N) is 3. The summed E-state index contributed by atoms with van der Waals surface area (Å²) in [7, 11) is 0. The molecule has 0 atom stereocenters. The summed E-state index contributed by atoms with van der Waals surface area (Å²) in [4.78, 5) is 34.5. The number of para-hydroxylation sites is 1. The van der Waals surface area contributed by atoms with E-state index >= 15 is 0 Å². The number of piperidine rings is 1. The maximum absolute atomic E-state index is 12.4. The summed E-state index contributed by atoms with van der Waals surface area (Å²) in [5.74, 6) is 1.17. The van der Waals surface area contributed by atoms with Crippen LogP contribution in [-0.2, 0) is 16.1 Å². The Morgan fingerprint density at radius 2 is 2.07 bits per heavy atom. The molecule has 0 bridgehead atoms. The van der Waals surface area contributed by atoms with Gasteiger partial charge >= 0.3 is 0 Å². The predicted octanol–water partition coefficient (Wildman–Crippen LogP) is 3.84. The second-order valence-corrected chi connectivity index (χ2v) is 9.58. The number of carbonyl (C=O) groups is 2. The Morgan fingerprint density at radius 3 is 2.90 bits per heavy atom. The van der Waals surface area contributed by atoms with E-state index in [2.05, 4.69) is 22.1 Å². The lowest BCUT2D eigenvalue weighted by atomic mass is 9.99. The zero-order valence-corrected chi connectivity index (χ0v) is 18.2. The van der Waals surface area contributed by atoms with Gasteiger partial charge < -0.3 is 10.2 Å². The molecule has 1 saturated heterocycles. The van der Waals surface area contributed by atoms with Crippen LogP contribution < -0.4 is 10.2 Å². The van der Waals surface area contributed by atoms with Crippen LogP contribution in [0.1, 0.15) is 31.9 Å². The smallest absolute Gasteiger partial charge is 0.237 e. The van der Waals surface area contributed by atoms with Gasteiger partial charge in [0.25, 0.3) is 0 Å². The minimum absolute atomic E-state index is 0.0499. The van der Waals surface area contributed by atoms with Crippen LogP contribution in [0.2, 0.25) is 0 Å². The molecule has 154 valence electrons. The third-order valence-corrected chi connectivity index (χ3v) is 7.28. The molecule has 2 aliphatic rings. The van der Waals surface area contributed by atoms with Gasteiger partial charge in [-0.05, 0) is 44.0 Å². The quantitative estimate of drug-likeness (QED) is 0.754. The SMILES string of the molecule is CC1CCN(Cc2csc(NC(=O)CCN3C(=O)CSc4ccccc43)n2)CC1. The van der Waals surface area contributed by atoms with Crippen molar-refractivity contribution < 1.29 is 9.59 Å². The Balaban J connectivity index is 1.28. The van der Waals surface area contributed by atoms with Gasteiger partial charge in [-0.1, -0.05) is 19.1 Å². The monoisotopic (exact) mass is 430 g/mol. The first-order valence-electron chi connectivity index (χ1n) is 10.1. The highest BCUT2D eigenvalue weighted by Crippen LogP contribution is 2.34. The molecule has 29 heavy (non-hydrogen) atoms. The summed E-state index contributed by atoms with van der Waals surface area (Å²) in [6.07, 6.45) is 2.73. The Hall–Kier alpha value is -1.90. The van der Waals surface area contributed by atoms with Gasteiger partial charge in [-0.3, -0.25) is 14.5 Å². The number of hydrogen-bond acceptors (Lipinski definition) is 6. The van der Waals surface area contributed by atoms with Crippen LogP contribution in [0.4, 0.5) is 10.8 Å². The summed E-state index contributed by atoms with van der Waals surface area (Å²) in [5.41, 5.74) is 1.91. The number of likely N-dealkylation sites (tertiary alicyclic amines) is 1. The number of thioether (sulfide) groups is 1. The van der Waals surface area contributed by atoms with Crippen molar-refractivity contribution in [3.05, 3.63) is 35.3 Å². The van der Waals surface area contributed by atoms with Gasteiger partial charge in [0.2, 0.25) is 11.8 Å². The Kier molecular flexibility index (Phi) is 6.52. The van der Waals surface area contributed by atoms with E-state index < -0.39 is 0 Å². The molecular formula is C21H26N4O2S2. The van der Waals surface area contributed by atoms with Gasteiger partial charge in [0.15, 0.2) is 5.13 Å². The number of rotatable bonds is 6. The minimum atomic E-state index is -0.110. The van der Waals surface area contributed by atoms with Crippen molar-refractivity contribution >= 4 is 45.7 Å². The average molecular weight is 431 g/mol. The van der Waals surface area contributed by atoms with Crippen molar-refractivity contribution in [2.24, 2.45) is 5.92 Å². The zero-order valence-electron chi connectivity index (χ0n) is 16.6. The van der Waals surface area contributed by atoms with E-state index in [1.54, 1.807) is 16.7 Å².